The van der Waals surface area contributed by atoms with E-state index < -0.39 is 10.8 Å². The van der Waals surface area contributed by atoms with E-state index in [2.05, 4.69) is 16.0 Å². The average Bonchev–Trinajstić information content (AvgIpc) is 2.71. The average molecular weight is 419 g/mol. The van der Waals surface area contributed by atoms with E-state index in [-0.39, 0.29) is 34.6 Å². The van der Waals surface area contributed by atoms with Crippen LogP contribution in [0.3, 0.4) is 0 Å². The third-order valence-electron chi connectivity index (χ3n) is 3.86. The number of carbonyl (C=O) groups excluding carboxylic acids is 3. The molecular weight excluding hydrogens is 400 g/mol. The van der Waals surface area contributed by atoms with Gasteiger partial charge in [-0.15, -0.1) is 0 Å². The van der Waals surface area contributed by atoms with Crippen LogP contribution in [0.5, 0.6) is 0 Å². The topological polar surface area (TPSA) is 130 Å². The van der Waals surface area contributed by atoms with Crippen molar-refractivity contribution in [3.8, 4) is 0 Å². The maximum atomic E-state index is 12.4. The van der Waals surface area contributed by atoms with Crippen LogP contribution in [0.1, 0.15) is 34.1 Å². The molecule has 0 aliphatic rings. The molecule has 0 aliphatic carbocycles. The molecular formula is C19H19ClN4O5. The summed E-state index contributed by atoms with van der Waals surface area (Å²) in [6, 6.07) is 9.67. The van der Waals surface area contributed by atoms with E-state index >= 15 is 0 Å². The molecule has 0 radical (unpaired) electrons. The lowest BCUT2D eigenvalue weighted by atomic mass is 10.1. The number of non-ortho nitro benzene ring substituents is 1. The van der Waals surface area contributed by atoms with Crippen molar-refractivity contribution in [2.45, 2.75) is 13.3 Å². The summed E-state index contributed by atoms with van der Waals surface area (Å²) < 4.78 is 0. The Bertz CT molecular complexity index is 931. The smallest absolute Gasteiger partial charge is 0.270 e. The number of halogens is 1. The van der Waals surface area contributed by atoms with E-state index in [4.69, 9.17) is 11.6 Å². The summed E-state index contributed by atoms with van der Waals surface area (Å²) in [6.45, 7) is 2.35. The first kappa shape index (κ1) is 21.8. The fourth-order valence-corrected chi connectivity index (χ4v) is 2.51. The van der Waals surface area contributed by atoms with E-state index in [9.17, 15) is 24.5 Å². The summed E-state index contributed by atoms with van der Waals surface area (Å²) in [6.07, 6.45) is 0.378. The molecule has 2 aromatic rings. The van der Waals surface area contributed by atoms with E-state index in [1.165, 1.54) is 36.4 Å². The highest BCUT2D eigenvalue weighted by Gasteiger charge is 2.16. The van der Waals surface area contributed by atoms with Gasteiger partial charge < -0.3 is 16.0 Å². The number of hydrogen-bond acceptors (Lipinski definition) is 5. The van der Waals surface area contributed by atoms with Crippen molar-refractivity contribution < 1.29 is 19.3 Å². The second kappa shape index (κ2) is 10.2. The maximum absolute atomic E-state index is 12.4. The number of amides is 3. The molecule has 2 rings (SSSR count). The Morgan fingerprint density at radius 1 is 1.00 bits per heavy atom. The van der Waals surface area contributed by atoms with E-state index in [1.54, 1.807) is 6.92 Å². The zero-order chi connectivity index (χ0) is 21.4. The van der Waals surface area contributed by atoms with Crippen molar-refractivity contribution in [1.82, 2.24) is 10.6 Å². The number of nitro benzene ring substituents is 1. The Morgan fingerprint density at radius 3 is 2.28 bits per heavy atom. The Kier molecular flexibility index (Phi) is 7.67. The van der Waals surface area contributed by atoms with Gasteiger partial charge in [-0.05, 0) is 30.3 Å². The molecule has 9 nitrogen and oxygen atoms in total. The Labute approximate surface area is 171 Å². The van der Waals surface area contributed by atoms with Crippen LogP contribution in [0, 0.1) is 10.1 Å². The zero-order valence-corrected chi connectivity index (χ0v) is 16.3. The lowest BCUT2D eigenvalue weighted by Crippen LogP contribution is -2.34. The maximum Gasteiger partial charge on any atom is 0.270 e. The molecule has 0 aliphatic heterocycles. The lowest BCUT2D eigenvalue weighted by molar-refractivity contribution is -0.384. The molecule has 0 bridgehead atoms. The zero-order valence-electron chi connectivity index (χ0n) is 15.5. The van der Waals surface area contributed by atoms with Gasteiger partial charge in [-0.2, -0.15) is 0 Å². The van der Waals surface area contributed by atoms with Crippen molar-refractivity contribution >= 4 is 40.7 Å². The lowest BCUT2D eigenvalue weighted by Gasteiger charge is -2.09. The quantitative estimate of drug-likeness (QED) is 0.344. The first-order chi connectivity index (χ1) is 13.8. The first-order valence-electron chi connectivity index (χ1n) is 8.72. The van der Waals surface area contributed by atoms with Crippen molar-refractivity contribution in [3.63, 3.8) is 0 Å². The highest BCUT2D eigenvalue weighted by molar-refractivity contribution is 6.34. The highest BCUT2D eigenvalue weighted by Crippen LogP contribution is 2.23. The Morgan fingerprint density at radius 2 is 1.66 bits per heavy atom. The van der Waals surface area contributed by atoms with Crippen LogP contribution in [0.4, 0.5) is 11.4 Å². The van der Waals surface area contributed by atoms with Crippen LogP contribution >= 0.6 is 11.6 Å². The monoisotopic (exact) mass is 418 g/mol. The minimum absolute atomic E-state index is 0.0307. The molecule has 0 saturated carbocycles. The van der Waals surface area contributed by atoms with E-state index in [1.807, 2.05) is 0 Å². The third-order valence-corrected chi connectivity index (χ3v) is 4.19. The molecule has 0 fully saturated rings. The molecule has 2 aromatic carbocycles. The predicted molar refractivity (Wildman–Crippen MR) is 108 cm³/mol. The molecule has 0 heterocycles. The first-order valence-corrected chi connectivity index (χ1v) is 9.10. The molecule has 152 valence electrons. The van der Waals surface area contributed by atoms with Crippen LogP contribution in [-0.2, 0) is 4.79 Å². The van der Waals surface area contributed by atoms with Gasteiger partial charge >= 0.3 is 0 Å². The number of nitro groups is 1. The second-order valence-electron chi connectivity index (χ2n) is 5.91. The van der Waals surface area contributed by atoms with Crippen molar-refractivity contribution in [1.29, 1.82) is 0 Å². The van der Waals surface area contributed by atoms with Crippen LogP contribution in [0.25, 0.3) is 0 Å². The minimum Gasteiger partial charge on any atom is -0.354 e. The summed E-state index contributed by atoms with van der Waals surface area (Å²) in [7, 11) is 0. The number of nitrogens with one attached hydrogen (secondary N) is 3. The van der Waals surface area contributed by atoms with Gasteiger partial charge in [-0.25, -0.2) is 0 Å². The van der Waals surface area contributed by atoms with Gasteiger partial charge in [0.1, 0.15) is 0 Å². The molecule has 0 unspecified atom stereocenters. The highest BCUT2D eigenvalue weighted by atomic mass is 35.5. The van der Waals surface area contributed by atoms with Gasteiger partial charge in [0, 0.05) is 42.9 Å². The van der Waals surface area contributed by atoms with Crippen LogP contribution < -0.4 is 16.0 Å². The van der Waals surface area contributed by atoms with Crippen LogP contribution in [-0.4, -0.2) is 35.7 Å². The van der Waals surface area contributed by atoms with Gasteiger partial charge in [0.15, 0.2) is 0 Å². The van der Waals surface area contributed by atoms with Gasteiger partial charge in [0.05, 0.1) is 15.5 Å². The van der Waals surface area contributed by atoms with Gasteiger partial charge in [-0.1, -0.05) is 18.5 Å². The normalized spacial score (nSPS) is 10.1. The number of carbonyl (C=O) groups is 3. The Balaban J connectivity index is 1.96. The van der Waals surface area contributed by atoms with Crippen molar-refractivity contribution in [2.24, 2.45) is 0 Å². The molecule has 29 heavy (non-hydrogen) atoms. The molecule has 0 saturated heterocycles. The van der Waals surface area contributed by atoms with E-state index in [0.717, 1.165) is 6.07 Å². The molecule has 3 amide bonds. The number of nitrogens with zero attached hydrogens (tertiary/aromatic N) is 1. The predicted octanol–water partition coefficient (Wildman–Crippen LogP) is 2.76. The fraction of sp³-hybridized carbons (Fsp3) is 0.211. The van der Waals surface area contributed by atoms with Gasteiger partial charge in [-0.3, -0.25) is 24.5 Å². The summed E-state index contributed by atoms with van der Waals surface area (Å²) in [5.41, 5.74) is 0.487. The van der Waals surface area contributed by atoms with Crippen molar-refractivity contribution in [3.05, 3.63) is 68.7 Å². The number of rotatable bonds is 8. The largest absolute Gasteiger partial charge is 0.354 e. The SMILES string of the molecule is CCC(=O)NCCNC(=O)c1ccc(NC(=O)c2cc([N+](=O)[O-])ccc2Cl)cc1. The molecule has 3 N–H and O–H groups in total. The van der Waals surface area contributed by atoms with Gasteiger partial charge in [0.2, 0.25) is 5.91 Å². The number of benzene rings is 2. The number of anilines is 1. The van der Waals surface area contributed by atoms with E-state index in [0.29, 0.717) is 24.2 Å². The van der Waals surface area contributed by atoms with Crippen LogP contribution in [0.15, 0.2) is 42.5 Å². The summed E-state index contributed by atoms with van der Waals surface area (Å²) in [5.74, 6) is -1.03. The van der Waals surface area contributed by atoms with Crippen molar-refractivity contribution in [2.75, 3.05) is 18.4 Å². The summed E-state index contributed by atoms with van der Waals surface area (Å²) in [5, 5.41) is 18.8. The number of hydrogen-bond donors (Lipinski definition) is 3. The second-order valence-corrected chi connectivity index (χ2v) is 6.32. The Hall–Kier alpha value is -3.46. The molecule has 10 heteroatoms. The summed E-state index contributed by atoms with van der Waals surface area (Å²) in [4.78, 5) is 45.8. The third kappa shape index (κ3) is 6.28. The minimum atomic E-state index is -0.617. The summed E-state index contributed by atoms with van der Waals surface area (Å²) >= 11 is 5.96. The van der Waals surface area contributed by atoms with Crippen LogP contribution in [0.2, 0.25) is 5.02 Å². The fourth-order valence-electron chi connectivity index (χ4n) is 2.31. The molecule has 0 aromatic heterocycles. The molecule has 0 spiro atoms. The van der Waals surface area contributed by atoms with Gasteiger partial charge in [0.25, 0.3) is 17.5 Å². The molecule has 0 atom stereocenters. The standard InChI is InChI=1S/C19H19ClN4O5/c1-2-17(25)21-9-10-22-18(26)12-3-5-13(6-4-12)23-19(27)15-11-14(24(28)29)7-8-16(15)20/h3-8,11H,2,9-10H2,1H3,(H,21,25)(H,22,26)(H,23,27).